The van der Waals surface area contributed by atoms with E-state index in [9.17, 15) is 14.4 Å². The number of amides is 3. The minimum Gasteiger partial charge on any atom is -0.359 e. The number of halogens is 1. The number of rotatable bonds is 11. The first-order valence-electron chi connectivity index (χ1n) is 16.1. The lowest BCUT2D eigenvalue weighted by molar-refractivity contribution is -0.141. The van der Waals surface area contributed by atoms with Crippen LogP contribution in [0.5, 0.6) is 0 Å². The number of carbonyl (C=O) groups excluding carboxylic acids is 3. The van der Waals surface area contributed by atoms with Gasteiger partial charge >= 0.3 is 0 Å². The maximum absolute atomic E-state index is 14.3. The number of carbonyl (C=O) groups is 3. The van der Waals surface area contributed by atoms with Crippen LogP contribution >= 0.6 is 11.6 Å². The molecule has 2 aromatic rings. The first-order valence-corrected chi connectivity index (χ1v) is 16.5. The fourth-order valence-corrected chi connectivity index (χ4v) is 7.77. The number of hydrogen-bond acceptors (Lipinski definition) is 5. The predicted molar refractivity (Wildman–Crippen MR) is 171 cm³/mol. The van der Waals surface area contributed by atoms with Crippen molar-refractivity contribution in [1.82, 2.24) is 15.1 Å². The molecule has 1 aliphatic carbocycles. The summed E-state index contributed by atoms with van der Waals surface area (Å²) in [4.78, 5) is 46.2. The number of aryl methyl sites for hydroxylation is 1. The van der Waals surface area contributed by atoms with E-state index in [0.29, 0.717) is 23.7 Å². The predicted octanol–water partition coefficient (Wildman–Crippen LogP) is 5.10. The third-order valence-electron chi connectivity index (χ3n) is 9.89. The molecule has 5 atom stereocenters. The Morgan fingerprint density at radius 1 is 1.09 bits per heavy atom. The SMILES string of the molecule is CCN(CCCN1C(=O)[C@H]2[C@H](C(=O)Nc3ccc(C)c(Cl)c3)[C@H]3C=C[C@@]2(O3)[C@@H]1C(=O)NC1CCCCC1)Cc1ccccc1. The van der Waals surface area contributed by atoms with Gasteiger partial charge in [0.15, 0.2) is 0 Å². The fourth-order valence-electron chi connectivity index (χ4n) is 7.59. The Balaban J connectivity index is 1.22. The third kappa shape index (κ3) is 5.92. The highest BCUT2D eigenvalue weighted by Gasteiger charge is 2.72. The average molecular weight is 619 g/mol. The van der Waals surface area contributed by atoms with Gasteiger partial charge in [0.2, 0.25) is 17.7 Å². The van der Waals surface area contributed by atoms with Crippen molar-refractivity contribution in [1.29, 1.82) is 0 Å². The number of fused-ring (bicyclic) bond motifs is 1. The number of nitrogens with one attached hydrogen (secondary N) is 2. The Morgan fingerprint density at radius 2 is 1.86 bits per heavy atom. The van der Waals surface area contributed by atoms with Crippen molar-refractivity contribution in [3.63, 3.8) is 0 Å². The van der Waals surface area contributed by atoms with Gasteiger partial charge in [-0.25, -0.2) is 0 Å². The summed E-state index contributed by atoms with van der Waals surface area (Å²) >= 11 is 6.31. The summed E-state index contributed by atoms with van der Waals surface area (Å²) in [6.07, 6.45) is 9.11. The van der Waals surface area contributed by atoms with E-state index in [0.717, 1.165) is 50.9 Å². The van der Waals surface area contributed by atoms with Gasteiger partial charge in [-0.05, 0) is 56.0 Å². The summed E-state index contributed by atoms with van der Waals surface area (Å²) in [6.45, 7) is 6.92. The molecule has 2 bridgehead atoms. The molecule has 3 aliphatic heterocycles. The Kier molecular flexibility index (Phi) is 9.13. The van der Waals surface area contributed by atoms with E-state index in [1.165, 1.54) is 12.0 Å². The zero-order valence-corrected chi connectivity index (χ0v) is 26.4. The molecule has 44 heavy (non-hydrogen) atoms. The molecule has 0 aromatic heterocycles. The van der Waals surface area contributed by atoms with E-state index in [-0.39, 0.29) is 23.8 Å². The summed E-state index contributed by atoms with van der Waals surface area (Å²) in [5, 5.41) is 6.79. The highest BCUT2D eigenvalue weighted by atomic mass is 35.5. The van der Waals surface area contributed by atoms with E-state index in [4.69, 9.17) is 16.3 Å². The molecule has 2 aromatic carbocycles. The van der Waals surface area contributed by atoms with E-state index in [1.807, 2.05) is 43.3 Å². The van der Waals surface area contributed by atoms with Crippen LogP contribution in [0.4, 0.5) is 5.69 Å². The molecule has 9 heteroatoms. The van der Waals surface area contributed by atoms with Gasteiger partial charge < -0.3 is 20.3 Å². The summed E-state index contributed by atoms with van der Waals surface area (Å²) < 4.78 is 6.52. The minimum atomic E-state index is -1.16. The second-order valence-corrected chi connectivity index (χ2v) is 13.1. The van der Waals surface area contributed by atoms with Crippen LogP contribution in [0.3, 0.4) is 0 Å². The maximum atomic E-state index is 14.3. The van der Waals surface area contributed by atoms with Crippen LogP contribution in [-0.4, -0.2) is 70.9 Å². The van der Waals surface area contributed by atoms with E-state index < -0.39 is 29.6 Å². The van der Waals surface area contributed by atoms with E-state index >= 15 is 0 Å². The van der Waals surface area contributed by atoms with Crippen LogP contribution in [0.1, 0.15) is 56.6 Å². The van der Waals surface area contributed by atoms with Crippen LogP contribution in [0.2, 0.25) is 5.02 Å². The molecule has 234 valence electrons. The van der Waals surface area contributed by atoms with Crippen LogP contribution in [-0.2, 0) is 25.7 Å². The van der Waals surface area contributed by atoms with Crippen molar-refractivity contribution in [3.8, 4) is 0 Å². The zero-order valence-electron chi connectivity index (χ0n) is 25.6. The molecule has 0 radical (unpaired) electrons. The van der Waals surface area contributed by atoms with Gasteiger partial charge in [-0.2, -0.15) is 0 Å². The largest absolute Gasteiger partial charge is 0.359 e. The molecule has 2 saturated heterocycles. The number of nitrogens with zero attached hydrogens (tertiary/aromatic N) is 2. The highest BCUT2D eigenvalue weighted by Crippen LogP contribution is 2.55. The first kappa shape index (κ1) is 30.8. The molecular formula is C35H43ClN4O4. The number of benzene rings is 2. The molecule has 2 N–H and O–H groups in total. The first-order chi connectivity index (χ1) is 21.3. The van der Waals surface area contributed by atoms with Gasteiger partial charge in [-0.1, -0.05) is 86.3 Å². The minimum absolute atomic E-state index is 0.0954. The Bertz CT molecular complexity index is 1410. The number of anilines is 1. The van der Waals surface area contributed by atoms with Crippen molar-refractivity contribution >= 4 is 35.0 Å². The monoisotopic (exact) mass is 618 g/mol. The summed E-state index contributed by atoms with van der Waals surface area (Å²) in [7, 11) is 0. The number of likely N-dealkylation sites (tertiary alicyclic amines) is 1. The lowest BCUT2D eigenvalue weighted by Crippen LogP contribution is -2.56. The lowest BCUT2D eigenvalue weighted by Gasteiger charge is -2.34. The van der Waals surface area contributed by atoms with Crippen molar-refractivity contribution in [2.45, 2.75) is 82.7 Å². The molecule has 3 heterocycles. The maximum Gasteiger partial charge on any atom is 0.246 e. The van der Waals surface area contributed by atoms with Crippen LogP contribution < -0.4 is 10.6 Å². The van der Waals surface area contributed by atoms with Gasteiger partial charge in [0.1, 0.15) is 11.6 Å². The Hall–Kier alpha value is -3.20. The summed E-state index contributed by atoms with van der Waals surface area (Å²) in [5.74, 6) is -2.18. The normalized spacial score (nSPS) is 27.6. The zero-order chi connectivity index (χ0) is 30.8. The summed E-state index contributed by atoms with van der Waals surface area (Å²) in [6, 6.07) is 15.0. The van der Waals surface area contributed by atoms with E-state index in [2.05, 4.69) is 34.6 Å². The summed E-state index contributed by atoms with van der Waals surface area (Å²) in [5.41, 5.74) is 1.55. The van der Waals surface area contributed by atoms with Crippen LogP contribution in [0.25, 0.3) is 0 Å². The van der Waals surface area contributed by atoms with Gasteiger partial charge in [0, 0.05) is 36.4 Å². The Labute approximate surface area is 265 Å². The van der Waals surface area contributed by atoms with Crippen molar-refractivity contribution in [3.05, 3.63) is 76.8 Å². The van der Waals surface area contributed by atoms with E-state index in [1.54, 1.807) is 17.0 Å². The molecule has 1 spiro atoms. The highest BCUT2D eigenvalue weighted by molar-refractivity contribution is 6.31. The molecule has 1 saturated carbocycles. The van der Waals surface area contributed by atoms with Crippen molar-refractivity contribution < 1.29 is 19.1 Å². The molecule has 4 aliphatic rings. The van der Waals surface area contributed by atoms with Crippen LogP contribution in [0.15, 0.2) is 60.7 Å². The quantitative estimate of drug-likeness (QED) is 0.342. The fraction of sp³-hybridized carbons (Fsp3) is 0.514. The third-order valence-corrected chi connectivity index (χ3v) is 10.3. The molecule has 8 nitrogen and oxygen atoms in total. The molecule has 0 unspecified atom stereocenters. The van der Waals surface area contributed by atoms with Gasteiger partial charge in [-0.15, -0.1) is 0 Å². The Morgan fingerprint density at radius 3 is 2.59 bits per heavy atom. The number of hydrogen-bond donors (Lipinski definition) is 2. The number of ether oxygens (including phenoxy) is 1. The van der Waals surface area contributed by atoms with Crippen LogP contribution in [0, 0.1) is 18.8 Å². The van der Waals surface area contributed by atoms with Crippen molar-refractivity contribution in [2.24, 2.45) is 11.8 Å². The molecular weight excluding hydrogens is 576 g/mol. The molecule has 3 amide bonds. The van der Waals surface area contributed by atoms with Gasteiger partial charge in [0.05, 0.1) is 17.9 Å². The van der Waals surface area contributed by atoms with Gasteiger partial charge in [0.25, 0.3) is 0 Å². The second kappa shape index (κ2) is 13.0. The average Bonchev–Trinajstić information content (AvgIpc) is 3.67. The smallest absolute Gasteiger partial charge is 0.246 e. The topological polar surface area (TPSA) is 91.0 Å². The van der Waals surface area contributed by atoms with Gasteiger partial charge in [-0.3, -0.25) is 19.3 Å². The molecule has 6 rings (SSSR count). The van der Waals surface area contributed by atoms with Crippen molar-refractivity contribution in [2.75, 3.05) is 25.0 Å². The lowest BCUT2D eigenvalue weighted by atomic mass is 9.74. The standard InChI is InChI=1S/C35H43ClN4O4/c1-3-39(22-24-11-6-4-7-12-24)19-10-20-40-31(33(42)37-25-13-8-5-9-14-25)35-18-17-28(44-35)29(30(35)34(40)43)32(41)38-26-16-15-23(2)27(36)21-26/h4,6-7,11-12,15-18,21,25,28-31H,3,5,8-10,13-14,19-20,22H2,1-2H3,(H,37,42)(H,38,41)/t28-,29-,30-,31+,35+/m1/s1. The second-order valence-electron chi connectivity index (χ2n) is 12.7. The molecule has 3 fully saturated rings.